The Hall–Kier alpha value is -3.16. The van der Waals surface area contributed by atoms with Gasteiger partial charge in [-0.05, 0) is 90.0 Å². The first kappa shape index (κ1) is 25.9. The van der Waals surface area contributed by atoms with Gasteiger partial charge in [0.05, 0.1) is 10.9 Å². The first-order valence-corrected chi connectivity index (χ1v) is 12.9. The number of benzene rings is 1. The topological polar surface area (TPSA) is 90.6 Å². The van der Waals surface area contributed by atoms with E-state index < -0.39 is 11.7 Å². The summed E-state index contributed by atoms with van der Waals surface area (Å²) in [6, 6.07) is 5.28. The Morgan fingerprint density at radius 1 is 1.14 bits per heavy atom. The fourth-order valence-electron chi connectivity index (χ4n) is 4.74. The molecule has 0 N–H and O–H groups in total. The molecule has 194 valence electrons. The Labute approximate surface area is 211 Å². The second kappa shape index (κ2) is 10.1. The molecule has 0 spiro atoms. The maximum absolute atomic E-state index is 13.2. The number of ether oxygens (including phenoxy) is 1. The van der Waals surface area contributed by atoms with Gasteiger partial charge in [-0.2, -0.15) is 0 Å². The number of hydrogen-bond acceptors (Lipinski definition) is 5. The number of likely N-dealkylation sites (tertiary alicyclic amines) is 1. The third-order valence-electron chi connectivity index (χ3n) is 6.76. The van der Waals surface area contributed by atoms with Gasteiger partial charge in [0.25, 0.3) is 5.56 Å². The maximum Gasteiger partial charge on any atom is 0.410 e. The average Bonchev–Trinajstić information content (AvgIpc) is 3.63. The van der Waals surface area contributed by atoms with E-state index in [-0.39, 0.29) is 29.0 Å². The number of fused-ring (bicyclic) bond motifs is 1. The number of piperidine rings is 1. The molecule has 2 aliphatic rings. The molecule has 1 amide bonds. The van der Waals surface area contributed by atoms with Gasteiger partial charge in [0.1, 0.15) is 5.60 Å². The number of nitrogens with zero attached hydrogens (tertiary/aromatic N) is 3. The van der Waals surface area contributed by atoms with E-state index in [0.717, 1.165) is 24.8 Å². The zero-order valence-electron chi connectivity index (χ0n) is 22.0. The van der Waals surface area contributed by atoms with Crippen molar-refractivity contribution in [1.29, 1.82) is 0 Å². The molecule has 0 bridgehead atoms. The van der Waals surface area contributed by atoms with Gasteiger partial charge in [0.2, 0.25) is 0 Å². The smallest absolute Gasteiger partial charge is 0.410 e. The third kappa shape index (κ3) is 5.79. The van der Waals surface area contributed by atoms with Gasteiger partial charge < -0.3 is 9.64 Å². The zero-order valence-corrected chi connectivity index (χ0v) is 22.0. The first-order valence-electron chi connectivity index (χ1n) is 12.9. The summed E-state index contributed by atoms with van der Waals surface area (Å²) in [4.78, 5) is 53.3. The number of rotatable bonds is 6. The van der Waals surface area contributed by atoms with E-state index in [1.54, 1.807) is 27.7 Å². The van der Waals surface area contributed by atoms with Crippen LogP contribution < -0.4 is 11.2 Å². The first-order chi connectivity index (χ1) is 16.9. The van der Waals surface area contributed by atoms with Crippen LogP contribution in [0.3, 0.4) is 0 Å². The Morgan fingerprint density at radius 2 is 1.86 bits per heavy atom. The molecule has 2 heterocycles. The Bertz CT molecular complexity index is 1310. The predicted octanol–water partition coefficient (Wildman–Crippen LogP) is 4.38. The predicted molar refractivity (Wildman–Crippen MR) is 140 cm³/mol. The lowest BCUT2D eigenvalue weighted by atomic mass is 9.93. The molecule has 4 rings (SSSR count). The van der Waals surface area contributed by atoms with Crippen molar-refractivity contribution in [3.8, 4) is 0 Å². The van der Waals surface area contributed by atoms with Gasteiger partial charge in [0.15, 0.2) is 5.78 Å². The summed E-state index contributed by atoms with van der Waals surface area (Å²) < 4.78 is 8.50. The van der Waals surface area contributed by atoms with Crippen molar-refractivity contribution in [1.82, 2.24) is 14.0 Å². The Morgan fingerprint density at radius 3 is 2.50 bits per heavy atom. The molecular formula is C28H37N3O5. The Balaban J connectivity index is 1.56. The van der Waals surface area contributed by atoms with Crippen molar-refractivity contribution in [3.63, 3.8) is 0 Å². The monoisotopic (exact) mass is 495 g/mol. The van der Waals surface area contributed by atoms with Crippen LogP contribution in [-0.4, -0.2) is 44.6 Å². The minimum atomic E-state index is -0.582. The molecule has 0 unspecified atom stereocenters. The van der Waals surface area contributed by atoms with Crippen LogP contribution in [0.5, 0.6) is 0 Å². The normalized spacial score (nSPS) is 18.8. The van der Waals surface area contributed by atoms with Crippen molar-refractivity contribution < 1.29 is 14.3 Å². The van der Waals surface area contributed by atoms with Crippen molar-refractivity contribution in [3.05, 3.63) is 50.7 Å². The van der Waals surface area contributed by atoms with Gasteiger partial charge in [-0.3, -0.25) is 18.7 Å². The van der Waals surface area contributed by atoms with Crippen LogP contribution in [0.15, 0.2) is 33.9 Å². The van der Waals surface area contributed by atoms with E-state index in [4.69, 9.17) is 4.74 Å². The fraction of sp³-hybridized carbons (Fsp3) is 0.571. The maximum atomic E-state index is 13.2. The number of ketones is 1. The van der Waals surface area contributed by atoms with E-state index in [0.29, 0.717) is 42.9 Å². The summed E-state index contributed by atoms with van der Waals surface area (Å²) >= 11 is 0. The number of allylic oxidation sites excluding steroid dienone is 1. The summed E-state index contributed by atoms with van der Waals surface area (Å²) in [6.45, 7) is 10.7. The van der Waals surface area contributed by atoms with Crippen molar-refractivity contribution in [2.75, 3.05) is 13.1 Å². The van der Waals surface area contributed by atoms with Crippen LogP contribution in [0.2, 0.25) is 0 Å². The molecule has 1 aliphatic carbocycles. The molecule has 1 aromatic carbocycles. The second-order valence-corrected chi connectivity index (χ2v) is 11.4. The van der Waals surface area contributed by atoms with E-state index in [2.05, 4.69) is 0 Å². The second-order valence-electron chi connectivity index (χ2n) is 11.4. The molecule has 36 heavy (non-hydrogen) atoms. The minimum Gasteiger partial charge on any atom is -0.444 e. The lowest BCUT2D eigenvalue weighted by Gasteiger charge is -2.33. The van der Waals surface area contributed by atoms with Crippen LogP contribution in [0, 0.1) is 11.8 Å². The third-order valence-corrected chi connectivity index (χ3v) is 6.76. The molecule has 2 fully saturated rings. The molecular weight excluding hydrogens is 458 g/mol. The summed E-state index contributed by atoms with van der Waals surface area (Å²) in [5.41, 5.74) is 0.206. The average molecular weight is 496 g/mol. The Kier molecular flexibility index (Phi) is 7.25. The van der Waals surface area contributed by atoms with Crippen molar-refractivity contribution >= 4 is 28.9 Å². The standard InChI is InChI=1S/C28H37N3O5/c1-18(2)31-23-12-10-19(15-22(23)25(33)30(26(31)34)16-20-8-9-20)11-13-24(32)21-7-6-14-29(17-21)27(35)36-28(3,4)5/h10-13,15,18,20-21H,6-9,14,16-17H2,1-5H3/b13-11+/t21-/m1/s1. The zero-order chi connectivity index (χ0) is 26.2. The van der Waals surface area contributed by atoms with Gasteiger partial charge in [-0.15, -0.1) is 0 Å². The molecule has 1 aliphatic heterocycles. The van der Waals surface area contributed by atoms with Crippen LogP contribution in [0.1, 0.15) is 71.9 Å². The highest BCUT2D eigenvalue weighted by atomic mass is 16.6. The largest absolute Gasteiger partial charge is 0.444 e. The molecule has 8 nitrogen and oxygen atoms in total. The molecule has 8 heteroatoms. The van der Waals surface area contributed by atoms with Crippen molar-refractivity contribution in [2.24, 2.45) is 11.8 Å². The lowest BCUT2D eigenvalue weighted by molar-refractivity contribution is -0.119. The molecule has 2 aromatic rings. The van der Waals surface area contributed by atoms with E-state index in [1.807, 2.05) is 40.7 Å². The summed E-state index contributed by atoms with van der Waals surface area (Å²) in [6.07, 6.45) is 6.40. The van der Waals surface area contributed by atoms with Gasteiger partial charge in [-0.25, -0.2) is 9.59 Å². The fourth-order valence-corrected chi connectivity index (χ4v) is 4.74. The van der Waals surface area contributed by atoms with Crippen LogP contribution in [0.4, 0.5) is 4.79 Å². The van der Waals surface area contributed by atoms with Gasteiger partial charge in [-0.1, -0.05) is 12.1 Å². The van der Waals surface area contributed by atoms with Gasteiger partial charge in [0, 0.05) is 31.6 Å². The highest BCUT2D eigenvalue weighted by Gasteiger charge is 2.30. The molecule has 0 radical (unpaired) electrons. The van der Waals surface area contributed by atoms with E-state index in [9.17, 15) is 19.2 Å². The van der Waals surface area contributed by atoms with Crippen LogP contribution in [0.25, 0.3) is 17.0 Å². The number of aromatic nitrogens is 2. The quantitative estimate of drug-likeness (QED) is 0.555. The highest BCUT2D eigenvalue weighted by molar-refractivity contribution is 5.96. The number of hydrogen-bond donors (Lipinski definition) is 0. The molecule has 1 saturated heterocycles. The van der Waals surface area contributed by atoms with E-state index in [1.165, 1.54) is 10.6 Å². The minimum absolute atomic E-state index is 0.0540. The van der Waals surface area contributed by atoms with E-state index >= 15 is 0 Å². The van der Waals surface area contributed by atoms with Crippen LogP contribution in [-0.2, 0) is 16.1 Å². The summed E-state index contributed by atoms with van der Waals surface area (Å²) in [5, 5.41) is 0.479. The van der Waals surface area contributed by atoms with Crippen molar-refractivity contribution in [2.45, 2.75) is 78.5 Å². The number of carbonyl (C=O) groups excluding carboxylic acids is 2. The summed E-state index contributed by atoms with van der Waals surface area (Å²) in [5.74, 6) is 0.0522. The molecule has 1 atom stereocenters. The summed E-state index contributed by atoms with van der Waals surface area (Å²) in [7, 11) is 0. The number of amides is 1. The van der Waals surface area contributed by atoms with Crippen LogP contribution >= 0.6 is 0 Å². The molecule has 1 aromatic heterocycles. The molecule has 1 saturated carbocycles. The highest BCUT2D eigenvalue weighted by Crippen LogP contribution is 2.30. The lowest BCUT2D eigenvalue weighted by Crippen LogP contribution is -2.44. The van der Waals surface area contributed by atoms with Gasteiger partial charge >= 0.3 is 11.8 Å². The SMILES string of the molecule is CC(C)n1c(=O)n(CC2CC2)c(=O)c2cc(/C=C/C(=O)[C@@H]3CCCN(C(=O)OC(C)(C)C)C3)ccc21. The number of carbonyl (C=O) groups is 2.